The van der Waals surface area contributed by atoms with Crippen LogP contribution in [0.3, 0.4) is 0 Å². The number of rotatable bonds is 4. The standard InChI is InChI=1S/C11H14O3/c1-8(2)7-14-10-5-4-9(12)6-11(10)13-3/h4-6,12H,1,7H2,2-3H3. The molecule has 0 bridgehead atoms. The molecular weight excluding hydrogens is 180 g/mol. The van der Waals surface area contributed by atoms with Gasteiger partial charge in [-0.25, -0.2) is 0 Å². The van der Waals surface area contributed by atoms with Crippen LogP contribution in [-0.2, 0) is 0 Å². The van der Waals surface area contributed by atoms with Gasteiger partial charge in [0.15, 0.2) is 11.5 Å². The van der Waals surface area contributed by atoms with Crippen molar-refractivity contribution >= 4 is 0 Å². The molecule has 0 aliphatic carbocycles. The van der Waals surface area contributed by atoms with Crippen LogP contribution in [0.2, 0.25) is 0 Å². The van der Waals surface area contributed by atoms with Crippen molar-refractivity contribution in [3.8, 4) is 17.2 Å². The number of phenols is 1. The molecule has 0 heterocycles. The summed E-state index contributed by atoms with van der Waals surface area (Å²) < 4.78 is 10.5. The van der Waals surface area contributed by atoms with E-state index in [0.29, 0.717) is 18.1 Å². The maximum Gasteiger partial charge on any atom is 0.164 e. The lowest BCUT2D eigenvalue weighted by Crippen LogP contribution is -1.99. The molecule has 0 aromatic heterocycles. The van der Waals surface area contributed by atoms with E-state index < -0.39 is 0 Å². The maximum atomic E-state index is 9.19. The monoisotopic (exact) mass is 194 g/mol. The van der Waals surface area contributed by atoms with Crippen LogP contribution in [0.25, 0.3) is 0 Å². The Morgan fingerprint density at radius 1 is 1.43 bits per heavy atom. The van der Waals surface area contributed by atoms with Gasteiger partial charge in [0.25, 0.3) is 0 Å². The van der Waals surface area contributed by atoms with Crippen molar-refractivity contribution in [1.82, 2.24) is 0 Å². The lowest BCUT2D eigenvalue weighted by Gasteiger charge is -2.10. The highest BCUT2D eigenvalue weighted by molar-refractivity contribution is 5.45. The summed E-state index contributed by atoms with van der Waals surface area (Å²) in [7, 11) is 1.53. The fourth-order valence-electron chi connectivity index (χ4n) is 0.976. The average Bonchev–Trinajstić information content (AvgIpc) is 2.15. The van der Waals surface area contributed by atoms with Gasteiger partial charge in [0, 0.05) is 6.07 Å². The number of aromatic hydroxyl groups is 1. The molecule has 0 unspecified atom stereocenters. The summed E-state index contributed by atoms with van der Waals surface area (Å²) in [5.41, 5.74) is 0.931. The molecule has 0 spiro atoms. The Labute approximate surface area is 83.6 Å². The smallest absolute Gasteiger partial charge is 0.164 e. The Kier molecular flexibility index (Phi) is 3.40. The van der Waals surface area contributed by atoms with Gasteiger partial charge >= 0.3 is 0 Å². The summed E-state index contributed by atoms with van der Waals surface area (Å²) in [6.07, 6.45) is 0. The molecule has 0 aliphatic heterocycles. The van der Waals surface area contributed by atoms with Crippen molar-refractivity contribution in [2.45, 2.75) is 6.92 Å². The fraction of sp³-hybridized carbons (Fsp3) is 0.273. The largest absolute Gasteiger partial charge is 0.508 e. The zero-order valence-electron chi connectivity index (χ0n) is 8.41. The summed E-state index contributed by atoms with van der Waals surface area (Å²) in [5.74, 6) is 1.28. The normalized spacial score (nSPS) is 9.57. The van der Waals surface area contributed by atoms with E-state index in [1.54, 1.807) is 12.1 Å². The summed E-state index contributed by atoms with van der Waals surface area (Å²) in [4.78, 5) is 0. The zero-order chi connectivity index (χ0) is 10.6. The van der Waals surface area contributed by atoms with Crippen LogP contribution < -0.4 is 9.47 Å². The predicted molar refractivity (Wildman–Crippen MR) is 55.0 cm³/mol. The second-order valence-corrected chi connectivity index (χ2v) is 3.08. The number of phenolic OH excluding ortho intramolecular Hbond substituents is 1. The highest BCUT2D eigenvalue weighted by atomic mass is 16.5. The van der Waals surface area contributed by atoms with Crippen LogP contribution in [0.1, 0.15) is 6.92 Å². The Bertz CT molecular complexity index is 331. The van der Waals surface area contributed by atoms with Gasteiger partial charge < -0.3 is 14.6 Å². The number of ether oxygens (including phenoxy) is 2. The van der Waals surface area contributed by atoms with Crippen molar-refractivity contribution in [3.05, 3.63) is 30.4 Å². The van der Waals surface area contributed by atoms with E-state index in [0.717, 1.165) is 5.57 Å². The number of hydrogen-bond acceptors (Lipinski definition) is 3. The average molecular weight is 194 g/mol. The molecule has 0 saturated carbocycles. The minimum atomic E-state index is 0.157. The van der Waals surface area contributed by atoms with Crippen molar-refractivity contribution in [1.29, 1.82) is 0 Å². The molecule has 0 amide bonds. The van der Waals surface area contributed by atoms with E-state index in [1.165, 1.54) is 13.2 Å². The van der Waals surface area contributed by atoms with E-state index in [4.69, 9.17) is 9.47 Å². The Hall–Kier alpha value is -1.64. The van der Waals surface area contributed by atoms with E-state index in [2.05, 4.69) is 6.58 Å². The molecule has 0 radical (unpaired) electrons. The first-order valence-electron chi connectivity index (χ1n) is 4.27. The summed E-state index contributed by atoms with van der Waals surface area (Å²) in [6, 6.07) is 4.72. The van der Waals surface area contributed by atoms with Crippen LogP contribution in [-0.4, -0.2) is 18.8 Å². The first-order chi connectivity index (χ1) is 6.63. The Morgan fingerprint density at radius 2 is 2.14 bits per heavy atom. The SMILES string of the molecule is C=C(C)COc1ccc(O)cc1OC. The number of benzene rings is 1. The minimum Gasteiger partial charge on any atom is -0.508 e. The third-order valence-corrected chi connectivity index (χ3v) is 1.62. The molecular formula is C11H14O3. The number of methoxy groups -OCH3 is 1. The molecule has 76 valence electrons. The zero-order valence-corrected chi connectivity index (χ0v) is 8.41. The molecule has 0 fully saturated rings. The quantitative estimate of drug-likeness (QED) is 0.748. The molecule has 0 atom stereocenters. The molecule has 0 aliphatic rings. The van der Waals surface area contributed by atoms with Gasteiger partial charge in [0.1, 0.15) is 12.4 Å². The van der Waals surface area contributed by atoms with Crippen LogP contribution in [0.15, 0.2) is 30.4 Å². The third-order valence-electron chi connectivity index (χ3n) is 1.62. The molecule has 1 aromatic carbocycles. The van der Waals surface area contributed by atoms with Gasteiger partial charge in [0.2, 0.25) is 0 Å². The molecule has 3 nitrogen and oxygen atoms in total. The molecule has 3 heteroatoms. The Morgan fingerprint density at radius 3 is 2.71 bits per heavy atom. The van der Waals surface area contributed by atoms with Crippen molar-refractivity contribution < 1.29 is 14.6 Å². The Balaban J connectivity index is 2.80. The van der Waals surface area contributed by atoms with Crippen molar-refractivity contribution in [2.24, 2.45) is 0 Å². The lowest BCUT2D eigenvalue weighted by atomic mass is 10.3. The van der Waals surface area contributed by atoms with Gasteiger partial charge in [0.05, 0.1) is 7.11 Å². The molecule has 0 saturated heterocycles. The van der Waals surface area contributed by atoms with Crippen LogP contribution in [0.5, 0.6) is 17.2 Å². The minimum absolute atomic E-state index is 0.157. The fourth-order valence-corrected chi connectivity index (χ4v) is 0.976. The molecule has 1 rings (SSSR count). The van der Waals surface area contributed by atoms with Crippen LogP contribution in [0, 0.1) is 0 Å². The number of hydrogen-bond donors (Lipinski definition) is 1. The predicted octanol–water partition coefficient (Wildman–Crippen LogP) is 2.36. The van der Waals surface area contributed by atoms with E-state index in [-0.39, 0.29) is 5.75 Å². The molecule has 1 aromatic rings. The third kappa shape index (κ3) is 2.69. The van der Waals surface area contributed by atoms with E-state index in [9.17, 15) is 5.11 Å². The first-order valence-corrected chi connectivity index (χ1v) is 4.27. The summed E-state index contributed by atoms with van der Waals surface area (Å²) in [5, 5.41) is 9.19. The topological polar surface area (TPSA) is 38.7 Å². The summed E-state index contributed by atoms with van der Waals surface area (Å²) >= 11 is 0. The second-order valence-electron chi connectivity index (χ2n) is 3.08. The van der Waals surface area contributed by atoms with Gasteiger partial charge in [-0.15, -0.1) is 0 Å². The van der Waals surface area contributed by atoms with Gasteiger partial charge in [-0.2, -0.15) is 0 Å². The van der Waals surface area contributed by atoms with Gasteiger partial charge in [-0.1, -0.05) is 6.58 Å². The van der Waals surface area contributed by atoms with Crippen LogP contribution in [0.4, 0.5) is 0 Å². The van der Waals surface area contributed by atoms with Crippen LogP contribution >= 0.6 is 0 Å². The maximum absolute atomic E-state index is 9.19. The second kappa shape index (κ2) is 4.56. The van der Waals surface area contributed by atoms with Gasteiger partial charge in [-0.05, 0) is 24.6 Å². The highest BCUT2D eigenvalue weighted by Gasteiger charge is 2.04. The summed E-state index contributed by atoms with van der Waals surface area (Å²) in [6.45, 7) is 6.06. The first kappa shape index (κ1) is 10.4. The lowest BCUT2D eigenvalue weighted by molar-refractivity contribution is 0.318. The highest BCUT2D eigenvalue weighted by Crippen LogP contribution is 2.30. The molecule has 1 N–H and O–H groups in total. The van der Waals surface area contributed by atoms with Gasteiger partial charge in [-0.3, -0.25) is 0 Å². The van der Waals surface area contributed by atoms with Crippen molar-refractivity contribution in [2.75, 3.05) is 13.7 Å². The van der Waals surface area contributed by atoms with E-state index in [1.807, 2.05) is 6.92 Å². The van der Waals surface area contributed by atoms with E-state index >= 15 is 0 Å². The van der Waals surface area contributed by atoms with Crippen molar-refractivity contribution in [3.63, 3.8) is 0 Å². The molecule has 14 heavy (non-hydrogen) atoms.